The van der Waals surface area contributed by atoms with Crippen molar-refractivity contribution in [3.05, 3.63) is 29.8 Å². The number of hydrogen-bond donors (Lipinski definition) is 1. The highest BCUT2D eigenvalue weighted by Crippen LogP contribution is 2.22. The zero-order chi connectivity index (χ0) is 16.2. The molecule has 1 N–H and O–H groups in total. The summed E-state index contributed by atoms with van der Waals surface area (Å²) in [5, 5.41) is 0. The van der Waals surface area contributed by atoms with Gasteiger partial charge in [-0.1, -0.05) is 18.2 Å². The quantitative estimate of drug-likeness (QED) is 0.848. The summed E-state index contributed by atoms with van der Waals surface area (Å²) in [7, 11) is -1.86. The molecule has 0 unspecified atom stereocenters. The molecule has 1 aromatic rings. The van der Waals surface area contributed by atoms with Crippen molar-refractivity contribution in [1.82, 2.24) is 13.9 Å². The first-order chi connectivity index (χ1) is 10.4. The molecule has 1 saturated heterocycles. The van der Waals surface area contributed by atoms with E-state index in [2.05, 4.69) is 15.7 Å². The van der Waals surface area contributed by atoms with Gasteiger partial charge in [0.1, 0.15) is 5.75 Å². The summed E-state index contributed by atoms with van der Waals surface area (Å²) < 4.78 is 33.2. The molecule has 6 nitrogen and oxygen atoms in total. The van der Waals surface area contributed by atoms with Crippen molar-refractivity contribution < 1.29 is 13.2 Å². The van der Waals surface area contributed by atoms with Crippen molar-refractivity contribution in [2.75, 3.05) is 33.2 Å². The van der Waals surface area contributed by atoms with E-state index in [1.54, 1.807) is 0 Å². The first-order valence-electron chi connectivity index (χ1n) is 7.58. The van der Waals surface area contributed by atoms with Crippen molar-refractivity contribution in [3.63, 3.8) is 0 Å². The monoisotopic (exact) mass is 327 g/mol. The molecule has 124 valence electrons. The summed E-state index contributed by atoms with van der Waals surface area (Å²) in [6.45, 7) is 7.26. The molecule has 7 heteroatoms. The highest BCUT2D eigenvalue weighted by atomic mass is 32.2. The fourth-order valence-electron chi connectivity index (χ4n) is 2.50. The van der Waals surface area contributed by atoms with Gasteiger partial charge < -0.3 is 4.74 Å². The number of piperazine rings is 1. The van der Waals surface area contributed by atoms with E-state index < -0.39 is 10.2 Å². The smallest absolute Gasteiger partial charge is 0.279 e. The maximum atomic E-state index is 11.8. The summed E-state index contributed by atoms with van der Waals surface area (Å²) in [5.41, 5.74) is 1.14. The molecule has 22 heavy (non-hydrogen) atoms. The predicted octanol–water partition coefficient (Wildman–Crippen LogP) is 1.06. The van der Waals surface area contributed by atoms with Crippen LogP contribution in [0.1, 0.15) is 19.4 Å². The standard InChI is InChI=1S/C15H25N3O3S/c1-13(2)21-15-7-5-4-6-14(15)12-17-8-10-18(11-9-17)22(19,20)16-3/h4-7,13,16H,8-12H2,1-3H3. The van der Waals surface area contributed by atoms with E-state index in [-0.39, 0.29) is 6.10 Å². The van der Waals surface area contributed by atoms with Crippen molar-refractivity contribution in [1.29, 1.82) is 0 Å². The summed E-state index contributed by atoms with van der Waals surface area (Å²) in [6.07, 6.45) is 0.138. The second-order valence-corrected chi connectivity index (χ2v) is 7.53. The van der Waals surface area contributed by atoms with Crippen molar-refractivity contribution in [3.8, 4) is 5.75 Å². The zero-order valence-electron chi connectivity index (χ0n) is 13.4. The van der Waals surface area contributed by atoms with Crippen LogP contribution in [0.5, 0.6) is 5.75 Å². The van der Waals surface area contributed by atoms with E-state index in [4.69, 9.17) is 4.74 Å². The number of benzene rings is 1. The van der Waals surface area contributed by atoms with Gasteiger partial charge in [0.25, 0.3) is 10.2 Å². The first kappa shape index (κ1) is 17.2. The van der Waals surface area contributed by atoms with Crippen LogP contribution < -0.4 is 9.46 Å². The normalized spacial score (nSPS) is 17.8. The molecule has 2 rings (SSSR count). The van der Waals surface area contributed by atoms with Gasteiger partial charge in [-0.25, -0.2) is 4.72 Å². The summed E-state index contributed by atoms with van der Waals surface area (Å²) in [4.78, 5) is 2.25. The summed E-state index contributed by atoms with van der Waals surface area (Å²) in [6, 6.07) is 8.02. The molecular formula is C15H25N3O3S. The number of ether oxygens (including phenoxy) is 1. The third-order valence-electron chi connectivity index (χ3n) is 3.66. The van der Waals surface area contributed by atoms with E-state index in [1.807, 2.05) is 32.0 Å². The number of para-hydroxylation sites is 1. The Morgan fingerprint density at radius 2 is 1.82 bits per heavy atom. The molecule has 0 bridgehead atoms. The van der Waals surface area contributed by atoms with Gasteiger partial charge in [-0.15, -0.1) is 0 Å². The molecule has 1 aliphatic rings. The van der Waals surface area contributed by atoms with Crippen LogP contribution in [0.2, 0.25) is 0 Å². The topological polar surface area (TPSA) is 61.9 Å². The average Bonchev–Trinajstić information content (AvgIpc) is 2.49. The average molecular weight is 327 g/mol. The van der Waals surface area contributed by atoms with Crippen molar-refractivity contribution >= 4 is 10.2 Å². The van der Waals surface area contributed by atoms with E-state index >= 15 is 0 Å². The van der Waals surface area contributed by atoms with Crippen LogP contribution in [0.3, 0.4) is 0 Å². The fourth-order valence-corrected chi connectivity index (χ4v) is 3.40. The Bertz CT molecular complexity index is 581. The molecular weight excluding hydrogens is 302 g/mol. The zero-order valence-corrected chi connectivity index (χ0v) is 14.3. The minimum absolute atomic E-state index is 0.138. The Balaban J connectivity index is 1.97. The van der Waals surface area contributed by atoms with Crippen LogP contribution in [0.25, 0.3) is 0 Å². The number of hydrogen-bond acceptors (Lipinski definition) is 4. The Kier molecular flexibility index (Phi) is 5.80. The van der Waals surface area contributed by atoms with Gasteiger partial charge >= 0.3 is 0 Å². The van der Waals surface area contributed by atoms with Crippen LogP contribution in [0.4, 0.5) is 0 Å². The highest BCUT2D eigenvalue weighted by Gasteiger charge is 2.25. The SMILES string of the molecule is CNS(=O)(=O)N1CCN(Cc2ccccc2OC(C)C)CC1. The van der Waals surface area contributed by atoms with E-state index in [0.717, 1.165) is 30.9 Å². The molecule has 0 amide bonds. The Morgan fingerprint density at radius 1 is 1.18 bits per heavy atom. The minimum atomic E-state index is -3.31. The minimum Gasteiger partial charge on any atom is -0.491 e. The molecule has 0 radical (unpaired) electrons. The maximum Gasteiger partial charge on any atom is 0.279 e. The van der Waals surface area contributed by atoms with E-state index in [0.29, 0.717) is 13.1 Å². The molecule has 1 heterocycles. The van der Waals surface area contributed by atoms with Crippen LogP contribution >= 0.6 is 0 Å². The summed E-state index contributed by atoms with van der Waals surface area (Å²) >= 11 is 0. The number of rotatable bonds is 6. The molecule has 0 aliphatic carbocycles. The van der Waals surface area contributed by atoms with Gasteiger partial charge in [-0.3, -0.25) is 4.90 Å². The largest absolute Gasteiger partial charge is 0.491 e. The van der Waals surface area contributed by atoms with E-state index in [1.165, 1.54) is 11.4 Å². The van der Waals surface area contributed by atoms with Gasteiger partial charge in [0.15, 0.2) is 0 Å². The van der Waals surface area contributed by atoms with E-state index in [9.17, 15) is 8.42 Å². The second kappa shape index (κ2) is 7.41. The van der Waals surface area contributed by atoms with Gasteiger partial charge in [0, 0.05) is 45.3 Å². The van der Waals surface area contributed by atoms with Crippen molar-refractivity contribution in [2.24, 2.45) is 0 Å². The lowest BCUT2D eigenvalue weighted by atomic mass is 10.1. The molecule has 1 aliphatic heterocycles. The fraction of sp³-hybridized carbons (Fsp3) is 0.600. The molecule has 0 aromatic heterocycles. The summed E-state index contributed by atoms with van der Waals surface area (Å²) in [5.74, 6) is 0.905. The van der Waals surface area contributed by atoms with Crippen LogP contribution in [0, 0.1) is 0 Å². The number of nitrogens with zero attached hydrogens (tertiary/aromatic N) is 2. The van der Waals surface area contributed by atoms with Crippen LogP contribution in [-0.4, -0.2) is 57.0 Å². The Labute approximate surface area is 133 Å². The maximum absolute atomic E-state index is 11.8. The Morgan fingerprint density at radius 3 is 2.41 bits per heavy atom. The highest BCUT2D eigenvalue weighted by molar-refractivity contribution is 7.87. The van der Waals surface area contributed by atoms with Gasteiger partial charge in [-0.2, -0.15) is 12.7 Å². The van der Waals surface area contributed by atoms with Crippen LogP contribution in [-0.2, 0) is 16.8 Å². The molecule has 0 saturated carbocycles. The molecule has 1 aromatic carbocycles. The lowest BCUT2D eigenvalue weighted by Crippen LogP contribution is -2.51. The second-order valence-electron chi connectivity index (χ2n) is 5.66. The first-order valence-corrected chi connectivity index (χ1v) is 9.02. The van der Waals surface area contributed by atoms with Gasteiger partial charge in [-0.05, 0) is 19.9 Å². The molecule has 0 atom stereocenters. The Hall–Kier alpha value is -1.15. The predicted molar refractivity (Wildman–Crippen MR) is 87.0 cm³/mol. The third kappa shape index (κ3) is 4.42. The third-order valence-corrected chi connectivity index (χ3v) is 5.22. The van der Waals surface area contributed by atoms with Crippen molar-refractivity contribution in [2.45, 2.75) is 26.5 Å². The number of nitrogens with one attached hydrogen (secondary N) is 1. The lowest BCUT2D eigenvalue weighted by Gasteiger charge is -2.33. The molecule has 0 spiro atoms. The van der Waals surface area contributed by atoms with Gasteiger partial charge in [0.2, 0.25) is 0 Å². The molecule has 1 fully saturated rings. The van der Waals surface area contributed by atoms with Gasteiger partial charge in [0.05, 0.1) is 6.10 Å². The lowest BCUT2D eigenvalue weighted by molar-refractivity contribution is 0.175. The van der Waals surface area contributed by atoms with Crippen LogP contribution in [0.15, 0.2) is 24.3 Å².